The third kappa shape index (κ3) is 3.14. The van der Waals surface area contributed by atoms with Crippen molar-refractivity contribution >= 4 is 0 Å². The van der Waals surface area contributed by atoms with Gasteiger partial charge in [-0.1, -0.05) is 6.07 Å². The Morgan fingerprint density at radius 3 is 2.91 bits per heavy atom. The van der Waals surface area contributed by atoms with Crippen molar-refractivity contribution in [3.05, 3.63) is 30.1 Å². The molecule has 2 heteroatoms. The van der Waals surface area contributed by atoms with Crippen LogP contribution in [-0.4, -0.2) is 11.0 Å². The average molecular weight is 150 g/mol. The molecule has 0 aliphatic carbocycles. The van der Waals surface area contributed by atoms with Crippen LogP contribution in [0.25, 0.3) is 0 Å². The van der Waals surface area contributed by atoms with Crippen LogP contribution in [0.4, 0.5) is 0 Å². The fraction of sp³-hybridized carbons (Fsp3) is 0.444. The molecule has 1 aromatic rings. The molecule has 2 nitrogen and oxygen atoms in total. The van der Waals surface area contributed by atoms with Crippen molar-refractivity contribution in [3.63, 3.8) is 0 Å². The third-order valence-electron chi connectivity index (χ3n) is 1.58. The molecule has 1 heterocycles. The van der Waals surface area contributed by atoms with E-state index in [0.717, 1.165) is 18.5 Å². The minimum absolute atomic E-state index is 0.275. The summed E-state index contributed by atoms with van der Waals surface area (Å²) < 4.78 is 0. The molecule has 0 fully saturated rings. The van der Waals surface area contributed by atoms with Crippen molar-refractivity contribution < 1.29 is 0 Å². The van der Waals surface area contributed by atoms with E-state index in [4.69, 9.17) is 5.73 Å². The molecule has 1 unspecified atom stereocenters. The monoisotopic (exact) mass is 150 g/mol. The maximum absolute atomic E-state index is 5.61. The van der Waals surface area contributed by atoms with Crippen LogP contribution in [0.2, 0.25) is 0 Å². The highest BCUT2D eigenvalue weighted by Crippen LogP contribution is 1.99. The summed E-state index contributed by atoms with van der Waals surface area (Å²) >= 11 is 0. The molecule has 0 saturated carbocycles. The van der Waals surface area contributed by atoms with E-state index in [1.54, 1.807) is 0 Å². The molecule has 60 valence electrons. The van der Waals surface area contributed by atoms with E-state index >= 15 is 0 Å². The summed E-state index contributed by atoms with van der Waals surface area (Å²) in [6.07, 6.45) is 3.81. The Morgan fingerprint density at radius 1 is 1.55 bits per heavy atom. The zero-order valence-corrected chi connectivity index (χ0v) is 6.83. The SMILES string of the molecule is CC(N)CCc1ccccn1. The fourth-order valence-corrected chi connectivity index (χ4v) is 0.922. The number of hydrogen-bond donors (Lipinski definition) is 1. The fourth-order valence-electron chi connectivity index (χ4n) is 0.922. The first-order chi connectivity index (χ1) is 5.29. The van der Waals surface area contributed by atoms with Gasteiger partial charge in [0.1, 0.15) is 0 Å². The second-order valence-electron chi connectivity index (χ2n) is 2.84. The highest BCUT2D eigenvalue weighted by Gasteiger charge is 1.95. The minimum Gasteiger partial charge on any atom is -0.328 e. The first-order valence-electron chi connectivity index (χ1n) is 3.94. The molecule has 0 spiro atoms. The van der Waals surface area contributed by atoms with E-state index in [1.807, 2.05) is 31.3 Å². The van der Waals surface area contributed by atoms with E-state index in [2.05, 4.69) is 4.98 Å². The second-order valence-corrected chi connectivity index (χ2v) is 2.84. The van der Waals surface area contributed by atoms with Crippen molar-refractivity contribution in [2.45, 2.75) is 25.8 Å². The number of aromatic nitrogens is 1. The normalized spacial score (nSPS) is 12.9. The Hall–Kier alpha value is -0.890. The number of nitrogens with two attached hydrogens (primary N) is 1. The second kappa shape index (κ2) is 4.09. The third-order valence-corrected chi connectivity index (χ3v) is 1.58. The average Bonchev–Trinajstić information content (AvgIpc) is 2.03. The highest BCUT2D eigenvalue weighted by molar-refractivity contribution is 5.03. The summed E-state index contributed by atoms with van der Waals surface area (Å²) in [6.45, 7) is 2.02. The van der Waals surface area contributed by atoms with Crippen LogP contribution in [-0.2, 0) is 6.42 Å². The van der Waals surface area contributed by atoms with Crippen LogP contribution in [0.5, 0.6) is 0 Å². The molecule has 0 aromatic carbocycles. The van der Waals surface area contributed by atoms with E-state index in [0.29, 0.717) is 0 Å². The molecule has 0 aliphatic rings. The number of hydrogen-bond acceptors (Lipinski definition) is 2. The quantitative estimate of drug-likeness (QED) is 0.706. The van der Waals surface area contributed by atoms with Crippen molar-refractivity contribution in [3.8, 4) is 0 Å². The number of nitrogens with zero attached hydrogens (tertiary/aromatic N) is 1. The molecule has 0 aliphatic heterocycles. The molecule has 1 aromatic heterocycles. The van der Waals surface area contributed by atoms with Gasteiger partial charge in [-0.3, -0.25) is 4.98 Å². The predicted molar refractivity (Wildman–Crippen MR) is 46.2 cm³/mol. The van der Waals surface area contributed by atoms with Gasteiger partial charge >= 0.3 is 0 Å². The smallest absolute Gasteiger partial charge is 0.0404 e. The summed E-state index contributed by atoms with van der Waals surface area (Å²) in [7, 11) is 0. The largest absolute Gasteiger partial charge is 0.328 e. The first kappa shape index (κ1) is 8.21. The molecule has 0 radical (unpaired) electrons. The van der Waals surface area contributed by atoms with Gasteiger partial charge in [0.05, 0.1) is 0 Å². The Labute approximate surface area is 67.5 Å². The standard InChI is InChI=1S/C9H14N2/c1-8(10)5-6-9-4-2-3-7-11-9/h2-4,7-8H,5-6,10H2,1H3. The summed E-state index contributed by atoms with van der Waals surface area (Å²) in [6, 6.07) is 6.23. The number of pyridine rings is 1. The first-order valence-corrected chi connectivity index (χ1v) is 3.94. The topological polar surface area (TPSA) is 38.9 Å². The van der Waals surface area contributed by atoms with Crippen molar-refractivity contribution in [1.82, 2.24) is 4.98 Å². The van der Waals surface area contributed by atoms with Crippen LogP contribution in [0.15, 0.2) is 24.4 Å². The van der Waals surface area contributed by atoms with Crippen molar-refractivity contribution in [2.24, 2.45) is 5.73 Å². The lowest BCUT2D eigenvalue weighted by Crippen LogP contribution is -2.15. The van der Waals surface area contributed by atoms with Gasteiger partial charge in [-0.05, 0) is 31.9 Å². The van der Waals surface area contributed by atoms with Crippen molar-refractivity contribution in [1.29, 1.82) is 0 Å². The molecule has 1 rings (SSSR count). The van der Waals surface area contributed by atoms with Gasteiger partial charge in [-0.25, -0.2) is 0 Å². The highest BCUT2D eigenvalue weighted by atomic mass is 14.7. The number of aryl methyl sites for hydroxylation is 1. The van der Waals surface area contributed by atoms with Gasteiger partial charge in [-0.15, -0.1) is 0 Å². The summed E-state index contributed by atoms with van der Waals surface area (Å²) in [5, 5.41) is 0. The van der Waals surface area contributed by atoms with Gasteiger partial charge < -0.3 is 5.73 Å². The van der Waals surface area contributed by atoms with Gasteiger partial charge in [0.25, 0.3) is 0 Å². The zero-order chi connectivity index (χ0) is 8.10. The lowest BCUT2D eigenvalue weighted by molar-refractivity contribution is 0.658. The zero-order valence-electron chi connectivity index (χ0n) is 6.83. The van der Waals surface area contributed by atoms with E-state index in [-0.39, 0.29) is 6.04 Å². The summed E-state index contributed by atoms with van der Waals surface area (Å²) in [5.41, 5.74) is 6.74. The minimum atomic E-state index is 0.275. The Bertz CT molecular complexity index is 194. The van der Waals surface area contributed by atoms with Crippen molar-refractivity contribution in [2.75, 3.05) is 0 Å². The predicted octanol–water partition coefficient (Wildman–Crippen LogP) is 1.36. The maximum atomic E-state index is 5.61. The van der Waals surface area contributed by atoms with Crippen LogP contribution in [0.3, 0.4) is 0 Å². The van der Waals surface area contributed by atoms with Crippen LogP contribution >= 0.6 is 0 Å². The molecule has 2 N–H and O–H groups in total. The summed E-state index contributed by atoms with van der Waals surface area (Å²) in [5.74, 6) is 0. The van der Waals surface area contributed by atoms with Crippen LogP contribution in [0, 0.1) is 0 Å². The molecule has 0 bridgehead atoms. The Balaban J connectivity index is 2.39. The van der Waals surface area contributed by atoms with E-state index in [9.17, 15) is 0 Å². The molecule has 0 amide bonds. The van der Waals surface area contributed by atoms with Gasteiger partial charge in [0.15, 0.2) is 0 Å². The van der Waals surface area contributed by atoms with E-state index in [1.165, 1.54) is 0 Å². The lowest BCUT2D eigenvalue weighted by atomic mass is 10.1. The molecular weight excluding hydrogens is 136 g/mol. The maximum Gasteiger partial charge on any atom is 0.0404 e. The Morgan fingerprint density at radius 2 is 2.36 bits per heavy atom. The summed E-state index contributed by atoms with van der Waals surface area (Å²) in [4.78, 5) is 4.20. The molecular formula is C9H14N2. The van der Waals surface area contributed by atoms with E-state index < -0.39 is 0 Å². The molecule has 0 saturated heterocycles. The molecule has 1 atom stereocenters. The van der Waals surface area contributed by atoms with Gasteiger partial charge in [0.2, 0.25) is 0 Å². The van der Waals surface area contributed by atoms with Crippen LogP contribution < -0.4 is 5.73 Å². The molecule has 11 heavy (non-hydrogen) atoms. The van der Waals surface area contributed by atoms with Gasteiger partial charge in [-0.2, -0.15) is 0 Å². The van der Waals surface area contributed by atoms with Crippen LogP contribution in [0.1, 0.15) is 19.0 Å². The number of rotatable bonds is 3. The lowest BCUT2D eigenvalue weighted by Gasteiger charge is -2.02. The van der Waals surface area contributed by atoms with Gasteiger partial charge in [0, 0.05) is 17.9 Å². The Kier molecular flexibility index (Phi) is 3.05.